The lowest BCUT2D eigenvalue weighted by Gasteiger charge is -2.17. The molecule has 0 saturated heterocycles. The van der Waals surface area contributed by atoms with Gasteiger partial charge in [0.15, 0.2) is 0 Å². The van der Waals surface area contributed by atoms with E-state index >= 15 is 0 Å². The average molecular weight is 345 g/mol. The fourth-order valence-corrected chi connectivity index (χ4v) is 2.09. The van der Waals surface area contributed by atoms with Crippen molar-refractivity contribution >= 4 is 17.5 Å². The van der Waals surface area contributed by atoms with E-state index in [1.807, 2.05) is 13.8 Å². The molecule has 0 radical (unpaired) electrons. The molecular formula is C16H22F3N3O2. The summed E-state index contributed by atoms with van der Waals surface area (Å²) in [5.74, 6) is -1.86. The number of anilines is 1. The predicted octanol–water partition coefficient (Wildman–Crippen LogP) is 2.49. The van der Waals surface area contributed by atoms with E-state index in [-0.39, 0.29) is 5.69 Å². The Hall–Kier alpha value is -2.09. The number of benzene rings is 1. The largest absolute Gasteiger partial charge is 0.416 e. The number of halogens is 3. The maximum atomic E-state index is 12.6. The number of nitrogens with zero attached hydrogens (tertiary/aromatic N) is 1. The highest BCUT2D eigenvalue weighted by atomic mass is 19.4. The Morgan fingerprint density at radius 3 is 2.38 bits per heavy atom. The fourth-order valence-electron chi connectivity index (χ4n) is 2.09. The van der Waals surface area contributed by atoms with Crippen molar-refractivity contribution in [1.82, 2.24) is 10.2 Å². The van der Waals surface area contributed by atoms with Crippen LogP contribution in [0, 0.1) is 0 Å². The predicted molar refractivity (Wildman–Crippen MR) is 85.5 cm³/mol. The molecule has 0 aromatic heterocycles. The first kappa shape index (κ1) is 20.0. The van der Waals surface area contributed by atoms with Crippen LogP contribution in [0.5, 0.6) is 0 Å². The molecule has 0 bridgehead atoms. The van der Waals surface area contributed by atoms with Crippen LogP contribution < -0.4 is 10.6 Å². The van der Waals surface area contributed by atoms with E-state index in [4.69, 9.17) is 0 Å². The highest BCUT2D eigenvalue weighted by Gasteiger charge is 2.30. The molecule has 24 heavy (non-hydrogen) atoms. The molecule has 1 rings (SSSR count). The molecule has 0 saturated carbocycles. The number of amides is 2. The van der Waals surface area contributed by atoms with Gasteiger partial charge in [-0.3, -0.25) is 9.59 Å². The highest BCUT2D eigenvalue weighted by molar-refractivity contribution is 6.39. The number of carbonyl (C=O) groups excluding carboxylic acids is 2. The van der Waals surface area contributed by atoms with Crippen molar-refractivity contribution in [2.24, 2.45) is 0 Å². The van der Waals surface area contributed by atoms with E-state index in [1.165, 1.54) is 12.1 Å². The SMILES string of the molecule is CCN(CC)CCCNC(=O)C(=O)Nc1cccc(C(F)(F)F)c1. The van der Waals surface area contributed by atoms with Crippen molar-refractivity contribution in [3.63, 3.8) is 0 Å². The molecule has 0 aliphatic carbocycles. The van der Waals surface area contributed by atoms with Gasteiger partial charge in [-0.05, 0) is 44.3 Å². The number of hydrogen-bond acceptors (Lipinski definition) is 3. The summed E-state index contributed by atoms with van der Waals surface area (Å²) in [6.45, 7) is 6.99. The van der Waals surface area contributed by atoms with Gasteiger partial charge in [0, 0.05) is 12.2 Å². The molecular weight excluding hydrogens is 323 g/mol. The second kappa shape index (κ2) is 9.27. The lowest BCUT2D eigenvalue weighted by molar-refractivity contribution is -0.137. The van der Waals surface area contributed by atoms with Crippen LogP contribution in [0.1, 0.15) is 25.8 Å². The molecule has 134 valence electrons. The Labute approximate surface area is 139 Å². The molecule has 0 aliphatic heterocycles. The van der Waals surface area contributed by atoms with Crippen molar-refractivity contribution < 1.29 is 22.8 Å². The van der Waals surface area contributed by atoms with Gasteiger partial charge in [-0.25, -0.2) is 0 Å². The molecule has 1 aromatic rings. The van der Waals surface area contributed by atoms with Gasteiger partial charge in [-0.1, -0.05) is 19.9 Å². The second-order valence-corrected chi connectivity index (χ2v) is 5.17. The topological polar surface area (TPSA) is 61.4 Å². The molecule has 0 unspecified atom stereocenters. The molecule has 0 heterocycles. The molecule has 0 fully saturated rings. The quantitative estimate of drug-likeness (QED) is 0.590. The monoisotopic (exact) mass is 345 g/mol. The molecule has 5 nitrogen and oxygen atoms in total. The van der Waals surface area contributed by atoms with Crippen molar-refractivity contribution in [1.29, 1.82) is 0 Å². The van der Waals surface area contributed by atoms with Crippen molar-refractivity contribution in [2.75, 3.05) is 31.5 Å². The molecule has 0 atom stereocenters. The van der Waals surface area contributed by atoms with Gasteiger partial charge in [0.1, 0.15) is 0 Å². The lowest BCUT2D eigenvalue weighted by atomic mass is 10.2. The van der Waals surface area contributed by atoms with Gasteiger partial charge in [0.25, 0.3) is 0 Å². The van der Waals surface area contributed by atoms with Crippen LogP contribution in [0.4, 0.5) is 18.9 Å². The normalized spacial score (nSPS) is 11.4. The Kier molecular flexibility index (Phi) is 7.70. The zero-order chi connectivity index (χ0) is 18.2. The Morgan fingerprint density at radius 2 is 1.79 bits per heavy atom. The van der Waals surface area contributed by atoms with Gasteiger partial charge in [-0.15, -0.1) is 0 Å². The summed E-state index contributed by atoms with van der Waals surface area (Å²) in [5, 5.41) is 4.62. The standard InChI is InChI=1S/C16H22F3N3O2/c1-3-22(4-2)10-6-9-20-14(23)15(24)21-13-8-5-7-12(11-13)16(17,18)19/h5,7-8,11H,3-4,6,9-10H2,1-2H3,(H,20,23)(H,21,24). The Morgan fingerprint density at radius 1 is 1.12 bits per heavy atom. The van der Waals surface area contributed by atoms with E-state index in [9.17, 15) is 22.8 Å². The molecule has 8 heteroatoms. The molecule has 0 aliphatic rings. The minimum Gasteiger partial charge on any atom is -0.348 e. The summed E-state index contributed by atoms with van der Waals surface area (Å²) in [6.07, 6.45) is -3.82. The number of nitrogens with one attached hydrogen (secondary N) is 2. The van der Waals surface area contributed by atoms with Gasteiger partial charge in [0.05, 0.1) is 5.56 Å². The maximum Gasteiger partial charge on any atom is 0.416 e. The summed E-state index contributed by atoms with van der Waals surface area (Å²) >= 11 is 0. The molecule has 1 aromatic carbocycles. The fraction of sp³-hybridized carbons (Fsp3) is 0.500. The van der Waals surface area contributed by atoms with Gasteiger partial charge in [-0.2, -0.15) is 13.2 Å². The summed E-state index contributed by atoms with van der Waals surface area (Å²) in [7, 11) is 0. The van der Waals surface area contributed by atoms with E-state index in [1.54, 1.807) is 0 Å². The maximum absolute atomic E-state index is 12.6. The third kappa shape index (κ3) is 6.57. The zero-order valence-electron chi connectivity index (χ0n) is 13.7. The van der Waals surface area contributed by atoms with Gasteiger partial charge >= 0.3 is 18.0 Å². The van der Waals surface area contributed by atoms with Crippen LogP contribution in [0.3, 0.4) is 0 Å². The summed E-state index contributed by atoms with van der Waals surface area (Å²) in [6, 6.07) is 4.13. The summed E-state index contributed by atoms with van der Waals surface area (Å²) < 4.78 is 37.8. The second-order valence-electron chi connectivity index (χ2n) is 5.17. The first-order valence-corrected chi connectivity index (χ1v) is 7.76. The number of rotatable bonds is 7. The molecule has 0 spiro atoms. The van der Waals surface area contributed by atoms with Crippen LogP contribution in [-0.4, -0.2) is 42.9 Å². The molecule has 2 N–H and O–H groups in total. The van der Waals surface area contributed by atoms with E-state index in [0.717, 1.165) is 31.8 Å². The van der Waals surface area contributed by atoms with Crippen LogP contribution in [0.15, 0.2) is 24.3 Å². The van der Waals surface area contributed by atoms with Crippen LogP contribution in [-0.2, 0) is 15.8 Å². The summed E-state index contributed by atoms with van der Waals surface area (Å²) in [4.78, 5) is 25.5. The Bertz CT molecular complexity index is 558. The first-order valence-electron chi connectivity index (χ1n) is 7.76. The van der Waals surface area contributed by atoms with Crippen molar-refractivity contribution in [3.8, 4) is 0 Å². The summed E-state index contributed by atoms with van der Waals surface area (Å²) in [5.41, 5.74) is -0.965. The van der Waals surface area contributed by atoms with Crippen molar-refractivity contribution in [2.45, 2.75) is 26.4 Å². The number of carbonyl (C=O) groups is 2. The van der Waals surface area contributed by atoms with Crippen LogP contribution in [0.2, 0.25) is 0 Å². The Balaban J connectivity index is 2.46. The third-order valence-corrected chi connectivity index (χ3v) is 3.49. The number of alkyl halides is 3. The smallest absolute Gasteiger partial charge is 0.348 e. The van der Waals surface area contributed by atoms with E-state index in [0.29, 0.717) is 13.0 Å². The minimum absolute atomic E-state index is 0.0758. The lowest BCUT2D eigenvalue weighted by Crippen LogP contribution is -2.37. The zero-order valence-corrected chi connectivity index (χ0v) is 13.7. The van der Waals surface area contributed by atoms with E-state index < -0.39 is 23.6 Å². The minimum atomic E-state index is -4.51. The average Bonchev–Trinajstić information content (AvgIpc) is 2.54. The third-order valence-electron chi connectivity index (χ3n) is 3.49. The van der Waals surface area contributed by atoms with Crippen molar-refractivity contribution in [3.05, 3.63) is 29.8 Å². The van der Waals surface area contributed by atoms with Crippen LogP contribution >= 0.6 is 0 Å². The molecule has 2 amide bonds. The highest BCUT2D eigenvalue weighted by Crippen LogP contribution is 2.30. The van der Waals surface area contributed by atoms with E-state index in [2.05, 4.69) is 15.5 Å². The van der Waals surface area contributed by atoms with Gasteiger partial charge < -0.3 is 15.5 Å². The van der Waals surface area contributed by atoms with Crippen LogP contribution in [0.25, 0.3) is 0 Å². The first-order chi connectivity index (χ1) is 11.3. The number of hydrogen-bond donors (Lipinski definition) is 2. The van der Waals surface area contributed by atoms with Gasteiger partial charge in [0.2, 0.25) is 0 Å².